The quantitative estimate of drug-likeness (QED) is 0.127. The van der Waals surface area contributed by atoms with Gasteiger partial charge in [-0.25, -0.2) is 23.7 Å². The van der Waals surface area contributed by atoms with E-state index in [1.54, 1.807) is 6.20 Å². The number of fused-ring (bicyclic) bond motifs is 22. The zero-order valence-electron chi connectivity index (χ0n) is 75.4. The Morgan fingerprint density at radius 3 is 1.30 bits per heavy atom. The van der Waals surface area contributed by atoms with E-state index in [1.165, 1.54) is 145 Å². The largest absolute Gasteiger partial charge is 2.00 e. The van der Waals surface area contributed by atoms with Crippen LogP contribution in [0.5, 0.6) is 0 Å². The zero-order chi connectivity index (χ0) is 83.9. The van der Waals surface area contributed by atoms with Crippen LogP contribution in [0, 0.1) is 81.0 Å². The van der Waals surface area contributed by atoms with Gasteiger partial charge in [-0.3, -0.25) is 4.98 Å². The maximum Gasteiger partial charge on any atom is 2.00 e. The third kappa shape index (κ3) is 23.2. The van der Waals surface area contributed by atoms with Crippen LogP contribution in [-0.2, 0) is 77.4 Å². The Bertz CT molecular complexity index is 5140. The van der Waals surface area contributed by atoms with E-state index in [1.807, 2.05) is 215 Å². The Labute approximate surface area is 754 Å². The summed E-state index contributed by atoms with van der Waals surface area (Å²) in [6.07, 6.45) is 29.5. The minimum atomic E-state index is 0. The molecule has 13 aromatic rings. The minimum Gasteiger partial charge on any atom is -0.513 e. The van der Waals surface area contributed by atoms with Crippen molar-refractivity contribution in [1.82, 2.24) is 24.6 Å². The molecule has 117 heavy (non-hydrogen) atoms. The van der Waals surface area contributed by atoms with Gasteiger partial charge in [0, 0.05) is 29.9 Å². The summed E-state index contributed by atoms with van der Waals surface area (Å²) in [7, 11) is 0. The van der Waals surface area contributed by atoms with Gasteiger partial charge in [0.1, 0.15) is 11.2 Å². The first-order chi connectivity index (χ1) is 57.1. The van der Waals surface area contributed by atoms with E-state index in [4.69, 9.17) is 0 Å². The Hall–Kier alpha value is -8.67. The van der Waals surface area contributed by atoms with Gasteiger partial charge >= 0.3 is 62.2 Å². The molecule has 0 atom stereocenters. The first-order valence-corrected chi connectivity index (χ1v) is 43.9. The Morgan fingerprint density at radius 1 is 0.368 bits per heavy atom. The number of pyridine rings is 3. The van der Waals surface area contributed by atoms with Crippen molar-refractivity contribution < 1.29 is 76.1 Å². The van der Waals surface area contributed by atoms with Crippen LogP contribution in [0.4, 0.5) is 17.2 Å². The first-order valence-electron chi connectivity index (χ1n) is 43.9. The summed E-state index contributed by atoms with van der Waals surface area (Å²) in [6, 6.07) is 68.7. The predicted octanol–water partition coefficient (Wildman–Crippen LogP) is 26.1. The third-order valence-electron chi connectivity index (χ3n) is 20.1. The zero-order valence-corrected chi connectivity index (χ0v) is 83.8. The molecule has 0 radical (unpaired) electrons. The third-order valence-corrected chi connectivity index (χ3v) is 20.1. The second-order valence-corrected chi connectivity index (χ2v) is 25.1. The van der Waals surface area contributed by atoms with Gasteiger partial charge in [0.15, 0.2) is 24.1 Å². The van der Waals surface area contributed by atoms with Gasteiger partial charge in [0.2, 0.25) is 18.4 Å². The van der Waals surface area contributed by atoms with Crippen LogP contribution in [-0.4, -0.2) is 35.4 Å². The monoisotopic (exact) mass is 2010 g/mol. The fraction of sp³-hybridized carbons (Fsp3) is 0.340. The fourth-order valence-electron chi connectivity index (χ4n) is 15.6. The van der Waals surface area contributed by atoms with E-state index in [9.17, 15) is 0 Å². The second kappa shape index (κ2) is 53.7. The molecular formula is C106H134N9U2+3. The molecule has 0 unspecified atom stereocenters. The summed E-state index contributed by atoms with van der Waals surface area (Å²) < 4.78 is 8.99. The fourth-order valence-corrected chi connectivity index (χ4v) is 15.6. The van der Waals surface area contributed by atoms with E-state index in [-0.39, 0.29) is 62.2 Å². The molecule has 4 aliphatic carbocycles. The summed E-state index contributed by atoms with van der Waals surface area (Å²) >= 11 is 0. The summed E-state index contributed by atoms with van der Waals surface area (Å²) in [5.41, 5.74) is 39.3. The first kappa shape index (κ1) is 101. The van der Waals surface area contributed by atoms with Crippen LogP contribution in [0.3, 0.4) is 0 Å². The summed E-state index contributed by atoms with van der Waals surface area (Å²) in [5, 5.41) is 0. The van der Waals surface area contributed by atoms with Crippen LogP contribution in [0.2, 0.25) is 0 Å². The number of hydrogen-bond donors (Lipinski definition) is 0. The van der Waals surface area contributed by atoms with Crippen LogP contribution >= 0.6 is 0 Å². The van der Waals surface area contributed by atoms with E-state index >= 15 is 0 Å². The molecule has 8 aromatic carbocycles. The standard InChI is InChI=1S/C21H16N3.C21H15N2.C21H16N2.C19H15N2.12C2H6.2U/c1-2-5-15-11-17-16(10-14(15)4-1)7-8-20-18(17)12-23-13-19-21(24(20)23)6-3-9-22-19;1-2-6-16-12-19-17(11-15(16)5-1)8-9-18-13-23(14-20(18)19)21-7-3-4-10-22-21;1-2-5-16-13-20-17(12-15(16)4-1)7-8-21-19(20)9-11-23(21)18-6-3-10-22-14-18;1-2-4-14-10-17-15(9-13(14)3-1)5-6-16-18(17)12-21-8-7-20-11-19(16)21;12*1-2;;/h1-9,13H,10-12H2;1-6,8-10H,11-12,14H2;1-8,10-11H,9,12-13H2;1-8,11H,9-10,12H2;12*1-2H3;;/q+1;-1;-2;+1;;;;;;;;;;;;;2*+2. The molecule has 0 saturated heterocycles. The molecule has 4 aliphatic heterocycles. The van der Waals surface area contributed by atoms with Crippen molar-refractivity contribution in [3.63, 3.8) is 0 Å². The van der Waals surface area contributed by atoms with Gasteiger partial charge in [0.25, 0.3) is 0 Å². The molecule has 0 saturated carbocycles. The van der Waals surface area contributed by atoms with Gasteiger partial charge in [-0.05, 0) is 160 Å². The Kier molecular flexibility index (Phi) is 46.2. The van der Waals surface area contributed by atoms with E-state index in [0.29, 0.717) is 0 Å². The molecule has 9 heterocycles. The maximum absolute atomic E-state index is 4.49. The van der Waals surface area contributed by atoms with Crippen molar-refractivity contribution in [2.75, 3.05) is 4.90 Å². The van der Waals surface area contributed by atoms with E-state index in [0.717, 1.165) is 94.4 Å². The van der Waals surface area contributed by atoms with Crippen molar-refractivity contribution in [2.45, 2.75) is 244 Å². The molecule has 0 fully saturated rings. The molecule has 0 spiro atoms. The predicted molar refractivity (Wildman–Crippen MR) is 491 cm³/mol. The van der Waals surface area contributed by atoms with Crippen LogP contribution in [0.1, 0.15) is 283 Å². The van der Waals surface area contributed by atoms with Crippen molar-refractivity contribution in [1.29, 1.82) is 0 Å². The van der Waals surface area contributed by atoms with Crippen molar-refractivity contribution >= 4 is 34.4 Å². The maximum atomic E-state index is 4.49. The molecule has 8 aliphatic rings. The topological polar surface area (TPSA) is 70.5 Å². The molecule has 0 N–H and O–H groups in total. The van der Waals surface area contributed by atoms with Crippen molar-refractivity contribution in [3.05, 3.63) is 361 Å². The molecular weight excluding hydrogens is 1880 g/mol. The minimum absolute atomic E-state index is 0. The molecule has 21 rings (SSSR count). The summed E-state index contributed by atoms with van der Waals surface area (Å²) in [4.78, 5) is 19.5. The molecule has 11 heteroatoms. The molecule has 608 valence electrons. The van der Waals surface area contributed by atoms with Gasteiger partial charge in [0.05, 0.1) is 30.1 Å². The van der Waals surface area contributed by atoms with Crippen LogP contribution < -0.4 is 14.1 Å². The summed E-state index contributed by atoms with van der Waals surface area (Å²) in [5.74, 6) is 0.841. The number of hydrogen-bond acceptors (Lipinski definition) is 5. The number of anilines is 2. The molecule has 5 aromatic heterocycles. The Morgan fingerprint density at radius 2 is 0.812 bits per heavy atom. The average molecular weight is 2010 g/mol. The van der Waals surface area contributed by atoms with Gasteiger partial charge < -0.3 is 14.5 Å². The number of benzene rings is 8. The van der Waals surface area contributed by atoms with E-state index in [2.05, 4.69) is 238 Å². The van der Waals surface area contributed by atoms with Crippen LogP contribution in [0.25, 0.3) is 28.0 Å². The SMILES string of the molecule is CC.CC.CC.CC.CC.CC.CC.CC.CC.CC.CC.CC.[C-]1=[N+](c2[c-]cccn2)Cc2c1ccc1c2Cc2ccccc2C1.[U+2].[U+2].[c-]1ncccc1N1[CH-]Cc2c1ccc1c2Cc2ccccc2C1.c1ccc2c(c1)Cc1ccc3c(c1C2)C[n+]1cc2ncccc2n1-3.c1ccc2c(c1)Cc1ccc3c(c1C2)C[n+]1ccncc1-3. The van der Waals surface area contributed by atoms with Crippen LogP contribution in [0.15, 0.2) is 225 Å². The number of nitrogens with zero attached hydrogens (tertiary/aromatic N) is 9. The smallest absolute Gasteiger partial charge is 0.513 e. The normalized spacial score (nSPS) is 11.9. The Balaban J connectivity index is 0.000000300. The second-order valence-electron chi connectivity index (χ2n) is 25.1. The van der Waals surface area contributed by atoms with Gasteiger partial charge in [-0.2, -0.15) is 16.7 Å². The van der Waals surface area contributed by atoms with Gasteiger partial charge in [-0.1, -0.05) is 322 Å². The van der Waals surface area contributed by atoms with Crippen molar-refractivity contribution in [3.8, 4) is 16.9 Å². The van der Waals surface area contributed by atoms with Crippen molar-refractivity contribution in [2.24, 2.45) is 0 Å². The average Bonchev–Trinajstić information content (AvgIpc) is 1.58. The molecule has 0 amide bonds. The van der Waals surface area contributed by atoms with Gasteiger partial charge in [-0.15, -0.1) is 44.5 Å². The number of aromatic nitrogens is 7. The molecule has 9 nitrogen and oxygen atoms in total. The van der Waals surface area contributed by atoms with E-state index < -0.39 is 0 Å². The summed E-state index contributed by atoms with van der Waals surface area (Å²) in [6.45, 7) is 53.0. The number of rotatable bonds is 2. The molecule has 0 bridgehead atoms.